The van der Waals surface area contributed by atoms with Crippen LogP contribution in [-0.2, 0) is 4.74 Å². The molecule has 0 unspecified atom stereocenters. The summed E-state index contributed by atoms with van der Waals surface area (Å²) in [5, 5.41) is 0. The van der Waals surface area contributed by atoms with Gasteiger partial charge in [0.1, 0.15) is 8.24 Å². The van der Waals surface area contributed by atoms with E-state index in [4.69, 9.17) is 4.74 Å². The molecular weight excluding hydrogens is 302 g/mol. The number of ether oxygens (including phenoxy) is 1. The number of allylic oxidation sites excluding steroid dienone is 1. The highest BCUT2D eigenvalue weighted by atomic mass is 28.3. The molecule has 0 atom stereocenters. The largest absolute Gasteiger partial charge is 0.379 e. The Balaban J connectivity index is 1.95. The maximum absolute atomic E-state index is 5.49. The summed E-state index contributed by atoms with van der Waals surface area (Å²) in [7, 11) is -1.03. The molecular formula is C18H39NOSi2. The van der Waals surface area contributed by atoms with Crippen LogP contribution < -0.4 is 0 Å². The van der Waals surface area contributed by atoms with Gasteiger partial charge in [0.25, 0.3) is 0 Å². The van der Waals surface area contributed by atoms with Gasteiger partial charge in [-0.15, -0.1) is 5.70 Å². The van der Waals surface area contributed by atoms with E-state index in [1.807, 2.05) is 0 Å². The summed E-state index contributed by atoms with van der Waals surface area (Å²) in [5.41, 5.74) is 4.04. The van der Waals surface area contributed by atoms with Crippen LogP contribution in [0.3, 0.4) is 0 Å². The molecule has 1 aliphatic rings. The lowest BCUT2D eigenvalue weighted by molar-refractivity contribution is 0.0687. The Morgan fingerprint density at radius 3 is 2.23 bits per heavy atom. The number of hydrogen-bond donors (Lipinski definition) is 0. The first-order valence-electron chi connectivity index (χ1n) is 9.48. The van der Waals surface area contributed by atoms with Crippen molar-refractivity contribution in [3.05, 3.63) is 11.3 Å². The summed E-state index contributed by atoms with van der Waals surface area (Å²) in [6, 6.07) is 2.99. The van der Waals surface area contributed by atoms with Gasteiger partial charge < -0.3 is 9.30 Å². The third kappa shape index (κ3) is 9.28. The molecule has 130 valence electrons. The molecule has 22 heavy (non-hydrogen) atoms. The van der Waals surface area contributed by atoms with Crippen molar-refractivity contribution in [1.29, 1.82) is 0 Å². The van der Waals surface area contributed by atoms with E-state index in [0.717, 1.165) is 13.2 Å². The Bertz CT molecular complexity index is 308. The van der Waals surface area contributed by atoms with E-state index in [0.29, 0.717) is 0 Å². The van der Waals surface area contributed by atoms with Crippen molar-refractivity contribution >= 4 is 17.8 Å². The SMILES string of the molecule is CC(C)=C[SiH2]CCCCCCCC[Si](C)(C)N1CCOCC1. The molecule has 0 aliphatic carbocycles. The van der Waals surface area contributed by atoms with Crippen LogP contribution in [0.5, 0.6) is 0 Å². The number of hydrogen-bond acceptors (Lipinski definition) is 2. The monoisotopic (exact) mass is 341 g/mol. The molecule has 2 nitrogen and oxygen atoms in total. The highest BCUT2D eigenvalue weighted by Gasteiger charge is 2.29. The molecule has 1 saturated heterocycles. The Morgan fingerprint density at radius 2 is 1.59 bits per heavy atom. The molecule has 0 saturated carbocycles. The van der Waals surface area contributed by atoms with Gasteiger partial charge >= 0.3 is 0 Å². The molecule has 4 heteroatoms. The molecule has 0 aromatic carbocycles. The molecule has 1 fully saturated rings. The van der Waals surface area contributed by atoms with E-state index >= 15 is 0 Å². The minimum absolute atomic E-state index is 0.117. The third-order valence-corrected chi connectivity index (χ3v) is 10.7. The van der Waals surface area contributed by atoms with Gasteiger partial charge in [0.2, 0.25) is 0 Å². The Morgan fingerprint density at radius 1 is 1.00 bits per heavy atom. The van der Waals surface area contributed by atoms with Gasteiger partial charge in [0.15, 0.2) is 0 Å². The van der Waals surface area contributed by atoms with Gasteiger partial charge in [0.05, 0.1) is 13.2 Å². The lowest BCUT2D eigenvalue weighted by Gasteiger charge is -2.39. The smallest absolute Gasteiger partial charge is 0.122 e. The van der Waals surface area contributed by atoms with Crippen LogP contribution in [0.1, 0.15) is 52.4 Å². The topological polar surface area (TPSA) is 12.5 Å². The second-order valence-corrected chi connectivity index (χ2v) is 14.2. The fraction of sp³-hybridized carbons (Fsp3) is 0.889. The lowest BCUT2D eigenvalue weighted by Crippen LogP contribution is -2.53. The van der Waals surface area contributed by atoms with Gasteiger partial charge in [-0.2, -0.15) is 0 Å². The molecule has 1 aliphatic heterocycles. The maximum Gasteiger partial charge on any atom is 0.122 e. The molecule has 0 aromatic rings. The predicted molar refractivity (Wildman–Crippen MR) is 105 cm³/mol. The molecule has 0 N–H and O–H groups in total. The summed E-state index contributed by atoms with van der Waals surface area (Å²) in [6.45, 7) is 13.8. The van der Waals surface area contributed by atoms with Crippen molar-refractivity contribution in [3.63, 3.8) is 0 Å². The Hall–Kier alpha value is 0.0938. The molecule has 0 bridgehead atoms. The zero-order chi connectivity index (χ0) is 16.3. The normalized spacial score (nSPS) is 17.3. The first-order chi connectivity index (χ1) is 10.5. The second kappa shape index (κ2) is 11.6. The van der Waals surface area contributed by atoms with E-state index in [1.165, 1.54) is 69.3 Å². The van der Waals surface area contributed by atoms with Crippen molar-refractivity contribution in [1.82, 2.24) is 4.57 Å². The van der Waals surface area contributed by atoms with Crippen molar-refractivity contribution in [3.8, 4) is 0 Å². The summed E-state index contributed by atoms with van der Waals surface area (Å²) in [6.07, 6.45) is 8.76. The van der Waals surface area contributed by atoms with Crippen LogP contribution >= 0.6 is 0 Å². The fourth-order valence-electron chi connectivity index (χ4n) is 3.30. The number of nitrogens with zero attached hydrogens (tertiary/aromatic N) is 1. The van der Waals surface area contributed by atoms with Crippen molar-refractivity contribution in [2.24, 2.45) is 0 Å². The zero-order valence-electron chi connectivity index (χ0n) is 15.6. The first-order valence-corrected chi connectivity index (χ1v) is 14.5. The van der Waals surface area contributed by atoms with Gasteiger partial charge in [-0.25, -0.2) is 0 Å². The quantitative estimate of drug-likeness (QED) is 0.408. The fourth-order valence-corrected chi connectivity index (χ4v) is 7.55. The average molecular weight is 342 g/mol. The Labute approximate surface area is 142 Å². The number of unbranched alkanes of at least 4 members (excludes halogenated alkanes) is 5. The summed E-state index contributed by atoms with van der Waals surface area (Å²) < 4.78 is 8.24. The average Bonchev–Trinajstić information content (AvgIpc) is 2.49. The first kappa shape index (κ1) is 20.1. The highest BCUT2D eigenvalue weighted by Crippen LogP contribution is 2.21. The zero-order valence-corrected chi connectivity index (χ0v) is 18.0. The number of morpholine rings is 1. The van der Waals surface area contributed by atoms with Gasteiger partial charge in [-0.3, -0.25) is 0 Å². The summed E-state index contributed by atoms with van der Waals surface area (Å²) in [4.78, 5) is 0. The maximum atomic E-state index is 5.49. The van der Waals surface area contributed by atoms with E-state index in [9.17, 15) is 0 Å². The molecule has 1 rings (SSSR count). The summed E-state index contributed by atoms with van der Waals surface area (Å²) >= 11 is 0. The molecule has 1 heterocycles. The van der Waals surface area contributed by atoms with E-state index in [1.54, 1.807) is 0 Å². The van der Waals surface area contributed by atoms with Crippen molar-refractivity contribution in [2.75, 3.05) is 26.3 Å². The lowest BCUT2D eigenvalue weighted by atomic mass is 10.1. The van der Waals surface area contributed by atoms with Crippen molar-refractivity contribution in [2.45, 2.75) is 77.6 Å². The van der Waals surface area contributed by atoms with E-state index < -0.39 is 8.24 Å². The minimum Gasteiger partial charge on any atom is -0.379 e. The number of rotatable bonds is 11. The third-order valence-electron chi connectivity index (χ3n) is 4.91. The van der Waals surface area contributed by atoms with E-state index in [-0.39, 0.29) is 9.52 Å². The highest BCUT2D eigenvalue weighted by molar-refractivity contribution is 6.74. The molecule has 0 amide bonds. The second-order valence-electron chi connectivity index (χ2n) is 7.71. The van der Waals surface area contributed by atoms with E-state index in [2.05, 4.69) is 37.2 Å². The molecule has 0 radical (unpaired) electrons. The minimum atomic E-state index is -1.15. The van der Waals surface area contributed by atoms with Crippen LogP contribution in [0.25, 0.3) is 0 Å². The van der Waals surface area contributed by atoms with Crippen LogP contribution in [0, 0.1) is 0 Å². The Kier molecular flexibility index (Phi) is 10.6. The summed E-state index contributed by atoms with van der Waals surface area (Å²) in [5.74, 6) is 0. The molecule has 0 aromatic heterocycles. The standard InChI is InChI=1S/C18H39NOSi2/c1-18(2)17-21-15-9-7-5-6-8-10-16-22(3,4)19-11-13-20-14-12-19/h17H,5-16,21H2,1-4H3. The van der Waals surface area contributed by atoms with Crippen LogP contribution in [0.4, 0.5) is 0 Å². The van der Waals surface area contributed by atoms with Gasteiger partial charge in [0, 0.05) is 22.6 Å². The predicted octanol–water partition coefficient (Wildman–Crippen LogP) is 4.38. The van der Waals surface area contributed by atoms with Crippen LogP contribution in [0.15, 0.2) is 11.3 Å². The molecule has 0 spiro atoms. The van der Waals surface area contributed by atoms with Crippen molar-refractivity contribution < 1.29 is 4.74 Å². The van der Waals surface area contributed by atoms with Gasteiger partial charge in [-0.05, 0) is 19.9 Å². The van der Waals surface area contributed by atoms with Crippen LogP contribution in [-0.4, -0.2) is 48.6 Å². The van der Waals surface area contributed by atoms with Gasteiger partial charge in [-0.1, -0.05) is 63.2 Å². The van der Waals surface area contributed by atoms with Crippen LogP contribution in [0.2, 0.25) is 25.2 Å².